The number of hydrogen-bond acceptors (Lipinski definition) is 1. The first-order valence-corrected chi connectivity index (χ1v) is 4.08. The van der Waals surface area contributed by atoms with Crippen LogP contribution in [-0.4, -0.2) is 4.98 Å². The molecule has 0 atom stereocenters. The molecule has 68 valence electrons. The normalized spacial score (nSPS) is 9.77. The van der Waals surface area contributed by atoms with Crippen molar-refractivity contribution < 1.29 is 0 Å². The van der Waals surface area contributed by atoms with Crippen molar-refractivity contribution in [3.8, 4) is 0 Å². The molecule has 0 aliphatic heterocycles. The van der Waals surface area contributed by atoms with Crippen LogP contribution in [0.15, 0.2) is 56.3 Å². The van der Waals surface area contributed by atoms with Gasteiger partial charge in [0.05, 0.1) is 5.69 Å². The first-order chi connectivity index (χ1) is 6.38. The highest BCUT2D eigenvalue weighted by atomic mass is 14.7. The van der Waals surface area contributed by atoms with Gasteiger partial charge in [-0.05, 0) is 24.6 Å². The maximum absolute atomic E-state index is 4.18. The third kappa shape index (κ3) is 3.52. The van der Waals surface area contributed by atoms with Crippen molar-refractivity contribution in [2.24, 2.45) is 0 Å². The van der Waals surface area contributed by atoms with Gasteiger partial charge in [-0.3, -0.25) is 4.98 Å². The van der Waals surface area contributed by atoms with E-state index in [2.05, 4.69) is 24.7 Å². The Morgan fingerprint density at radius 3 is 2.46 bits per heavy atom. The fraction of sp³-hybridized carbons (Fsp3) is 0.0833. The van der Waals surface area contributed by atoms with Crippen molar-refractivity contribution in [2.45, 2.75) is 6.92 Å². The van der Waals surface area contributed by atoms with Crippen LogP contribution in [0.5, 0.6) is 0 Å². The van der Waals surface area contributed by atoms with Gasteiger partial charge in [-0.15, -0.1) is 13.2 Å². The Bertz CT molecular complexity index is 272. The molecule has 0 spiro atoms. The Balaban J connectivity index is 0.000000671. The van der Waals surface area contributed by atoms with Crippen LogP contribution in [0.3, 0.4) is 0 Å². The van der Waals surface area contributed by atoms with E-state index in [1.165, 1.54) is 0 Å². The molecule has 1 aromatic heterocycles. The van der Waals surface area contributed by atoms with E-state index < -0.39 is 0 Å². The third-order valence-electron chi connectivity index (χ3n) is 1.49. The molecule has 0 fully saturated rings. The zero-order valence-electron chi connectivity index (χ0n) is 8.03. The third-order valence-corrected chi connectivity index (χ3v) is 1.49. The summed E-state index contributed by atoms with van der Waals surface area (Å²) in [4.78, 5) is 4.18. The zero-order valence-corrected chi connectivity index (χ0v) is 8.03. The summed E-state index contributed by atoms with van der Waals surface area (Å²) in [6.45, 7) is 11.7. The highest BCUT2D eigenvalue weighted by Gasteiger charge is 1.93. The van der Waals surface area contributed by atoms with Gasteiger partial charge in [0.2, 0.25) is 0 Å². The highest BCUT2D eigenvalue weighted by Crippen LogP contribution is 2.10. The number of aromatic nitrogens is 1. The lowest BCUT2D eigenvalue weighted by molar-refractivity contribution is 1.28. The van der Waals surface area contributed by atoms with Crippen LogP contribution in [0, 0.1) is 0 Å². The summed E-state index contributed by atoms with van der Waals surface area (Å²) < 4.78 is 0. The number of rotatable bonds is 2. The molecule has 0 amide bonds. The second kappa shape index (κ2) is 7.04. The van der Waals surface area contributed by atoms with Crippen molar-refractivity contribution >= 4 is 5.57 Å². The predicted molar refractivity (Wildman–Crippen MR) is 59.3 cm³/mol. The Morgan fingerprint density at radius 2 is 2.08 bits per heavy atom. The fourth-order valence-electron chi connectivity index (χ4n) is 0.904. The monoisotopic (exact) mass is 173 g/mol. The lowest BCUT2D eigenvalue weighted by atomic mass is 10.1. The van der Waals surface area contributed by atoms with Gasteiger partial charge < -0.3 is 0 Å². The van der Waals surface area contributed by atoms with Crippen LogP contribution in [0.25, 0.3) is 5.57 Å². The zero-order chi connectivity index (χ0) is 10.1. The van der Waals surface area contributed by atoms with Crippen LogP contribution in [0.2, 0.25) is 0 Å². The van der Waals surface area contributed by atoms with Crippen molar-refractivity contribution in [1.29, 1.82) is 0 Å². The van der Waals surface area contributed by atoms with E-state index in [1.807, 2.05) is 37.3 Å². The second-order valence-electron chi connectivity index (χ2n) is 2.16. The lowest BCUT2D eigenvalue weighted by Gasteiger charge is -1.97. The average Bonchev–Trinajstić information content (AvgIpc) is 2.24. The van der Waals surface area contributed by atoms with Gasteiger partial charge in [0.15, 0.2) is 0 Å². The van der Waals surface area contributed by atoms with Gasteiger partial charge in [-0.25, -0.2) is 0 Å². The van der Waals surface area contributed by atoms with E-state index in [4.69, 9.17) is 0 Å². The standard InChI is InChI=1S/C10H11N.C2H4/c1-3-9(4-2)10-7-5-6-8-11-10;1-2/h3-8H,1H2,2H3;1-2H2/b9-4+;. The molecule has 0 radical (unpaired) electrons. The molecule has 1 aromatic rings. The largest absolute Gasteiger partial charge is 0.256 e. The van der Waals surface area contributed by atoms with E-state index in [9.17, 15) is 0 Å². The molecule has 1 nitrogen and oxygen atoms in total. The second-order valence-corrected chi connectivity index (χ2v) is 2.16. The number of nitrogens with zero attached hydrogens (tertiary/aromatic N) is 1. The topological polar surface area (TPSA) is 12.9 Å². The number of hydrogen-bond donors (Lipinski definition) is 0. The number of pyridine rings is 1. The maximum atomic E-state index is 4.18. The minimum absolute atomic E-state index is 0.977. The minimum Gasteiger partial charge on any atom is -0.256 e. The van der Waals surface area contributed by atoms with E-state index in [-0.39, 0.29) is 0 Å². The van der Waals surface area contributed by atoms with Gasteiger partial charge in [0.25, 0.3) is 0 Å². The molecule has 1 heterocycles. The van der Waals surface area contributed by atoms with Crippen LogP contribution in [-0.2, 0) is 0 Å². The average molecular weight is 173 g/mol. The molecule has 0 unspecified atom stereocenters. The smallest absolute Gasteiger partial charge is 0.0698 e. The van der Waals surface area contributed by atoms with Crippen molar-refractivity contribution in [3.63, 3.8) is 0 Å². The first-order valence-electron chi connectivity index (χ1n) is 4.08. The van der Waals surface area contributed by atoms with E-state index in [0.717, 1.165) is 11.3 Å². The summed E-state index contributed by atoms with van der Waals surface area (Å²) in [5.74, 6) is 0. The molecule has 0 aliphatic rings. The van der Waals surface area contributed by atoms with Gasteiger partial charge in [-0.2, -0.15) is 0 Å². The minimum atomic E-state index is 0.977. The first kappa shape index (κ1) is 11.4. The molecular formula is C12H15N. The predicted octanol–water partition coefficient (Wildman–Crippen LogP) is 3.47. The van der Waals surface area contributed by atoms with E-state index in [0.29, 0.717) is 0 Å². The fourth-order valence-corrected chi connectivity index (χ4v) is 0.904. The van der Waals surface area contributed by atoms with Gasteiger partial charge in [0.1, 0.15) is 0 Å². The van der Waals surface area contributed by atoms with Gasteiger partial charge >= 0.3 is 0 Å². The Hall–Kier alpha value is -1.63. The molecule has 0 aliphatic carbocycles. The van der Waals surface area contributed by atoms with Crippen molar-refractivity contribution in [2.75, 3.05) is 0 Å². The molecule has 0 saturated carbocycles. The molecule has 0 aromatic carbocycles. The summed E-state index contributed by atoms with van der Waals surface area (Å²) in [5, 5.41) is 0. The van der Waals surface area contributed by atoms with E-state index in [1.54, 1.807) is 6.20 Å². The Labute approximate surface area is 80.1 Å². The SMILES string of the molecule is C=C.C=C/C(=C\C)c1ccccn1. The van der Waals surface area contributed by atoms with Crippen molar-refractivity contribution in [1.82, 2.24) is 4.98 Å². The molecule has 13 heavy (non-hydrogen) atoms. The molecule has 0 bridgehead atoms. The number of allylic oxidation sites excluding steroid dienone is 3. The van der Waals surface area contributed by atoms with Gasteiger partial charge in [-0.1, -0.05) is 24.8 Å². The molecule has 1 heteroatoms. The Kier molecular flexibility index (Phi) is 6.16. The van der Waals surface area contributed by atoms with Crippen molar-refractivity contribution in [3.05, 3.63) is 62.0 Å². The summed E-state index contributed by atoms with van der Waals surface area (Å²) in [6.07, 6.45) is 5.58. The highest BCUT2D eigenvalue weighted by molar-refractivity contribution is 5.70. The molecule has 1 rings (SSSR count). The quantitative estimate of drug-likeness (QED) is 0.493. The maximum Gasteiger partial charge on any atom is 0.0698 e. The summed E-state index contributed by atoms with van der Waals surface area (Å²) >= 11 is 0. The lowest BCUT2D eigenvalue weighted by Crippen LogP contribution is -1.83. The van der Waals surface area contributed by atoms with E-state index >= 15 is 0 Å². The summed E-state index contributed by atoms with van der Waals surface area (Å²) in [6, 6.07) is 5.84. The molecule has 0 saturated heterocycles. The van der Waals surface area contributed by atoms with Gasteiger partial charge in [0, 0.05) is 6.20 Å². The molecule has 0 N–H and O–H groups in total. The molecular weight excluding hydrogens is 158 g/mol. The van der Waals surface area contributed by atoms with Crippen LogP contribution in [0.1, 0.15) is 12.6 Å². The Morgan fingerprint density at radius 1 is 1.38 bits per heavy atom. The van der Waals surface area contributed by atoms with Crippen LogP contribution >= 0.6 is 0 Å². The van der Waals surface area contributed by atoms with Crippen LogP contribution in [0.4, 0.5) is 0 Å². The summed E-state index contributed by atoms with van der Waals surface area (Å²) in [7, 11) is 0. The van der Waals surface area contributed by atoms with Crippen LogP contribution < -0.4 is 0 Å². The summed E-state index contributed by atoms with van der Waals surface area (Å²) in [5.41, 5.74) is 2.05.